The quantitative estimate of drug-likeness (QED) is 0.693. The van der Waals surface area contributed by atoms with Crippen LogP contribution in [-0.4, -0.2) is 9.55 Å². The molecule has 1 saturated carbocycles. The minimum Gasteiger partial charge on any atom is -0.327 e. The van der Waals surface area contributed by atoms with Gasteiger partial charge in [-0.15, -0.1) is 0 Å². The lowest BCUT2D eigenvalue weighted by Gasteiger charge is -2.16. The third-order valence-electron chi connectivity index (χ3n) is 3.83. The molecule has 0 aliphatic heterocycles. The van der Waals surface area contributed by atoms with Crippen LogP contribution in [0.3, 0.4) is 0 Å². The third kappa shape index (κ3) is 2.00. The highest BCUT2D eigenvalue weighted by molar-refractivity contribution is 5.75. The molecule has 0 N–H and O–H groups in total. The summed E-state index contributed by atoms with van der Waals surface area (Å²) < 4.78 is 28.5. The average molecular weight is 250 g/mol. The summed E-state index contributed by atoms with van der Waals surface area (Å²) >= 11 is 0. The van der Waals surface area contributed by atoms with Crippen LogP contribution >= 0.6 is 0 Å². The molecule has 1 fully saturated rings. The van der Waals surface area contributed by atoms with E-state index in [9.17, 15) is 8.78 Å². The van der Waals surface area contributed by atoms with Crippen LogP contribution in [0.1, 0.15) is 44.6 Å². The fourth-order valence-corrected chi connectivity index (χ4v) is 2.85. The molecule has 0 radical (unpaired) electrons. The number of halogens is 2. The maximum Gasteiger partial charge on any atom is 0.161 e. The highest BCUT2D eigenvalue weighted by Gasteiger charge is 2.17. The van der Waals surface area contributed by atoms with Gasteiger partial charge in [-0.25, -0.2) is 13.8 Å². The van der Waals surface area contributed by atoms with Crippen molar-refractivity contribution in [3.63, 3.8) is 0 Å². The molecule has 3 rings (SSSR count). The summed E-state index contributed by atoms with van der Waals surface area (Å²) in [4.78, 5) is 4.18. The molecule has 0 unspecified atom stereocenters. The monoisotopic (exact) mass is 250 g/mol. The smallest absolute Gasteiger partial charge is 0.161 e. The summed E-state index contributed by atoms with van der Waals surface area (Å²) in [6, 6.07) is 2.82. The molecule has 0 atom stereocenters. The highest BCUT2D eigenvalue weighted by Crippen LogP contribution is 2.30. The molecule has 1 heterocycles. The first-order valence-electron chi connectivity index (χ1n) is 6.57. The number of rotatable bonds is 1. The molecule has 0 saturated heterocycles. The zero-order valence-corrected chi connectivity index (χ0v) is 10.2. The van der Waals surface area contributed by atoms with E-state index in [1.165, 1.54) is 37.8 Å². The molecule has 0 amide bonds. The van der Waals surface area contributed by atoms with Gasteiger partial charge in [0.05, 0.1) is 17.4 Å². The lowest BCUT2D eigenvalue weighted by molar-refractivity contribution is 0.452. The van der Waals surface area contributed by atoms with Crippen molar-refractivity contribution < 1.29 is 8.78 Å². The van der Waals surface area contributed by atoms with Crippen LogP contribution < -0.4 is 0 Å². The average Bonchev–Trinajstić information content (AvgIpc) is 2.61. The van der Waals surface area contributed by atoms with E-state index < -0.39 is 11.6 Å². The minimum atomic E-state index is -0.825. The molecule has 96 valence electrons. The van der Waals surface area contributed by atoms with E-state index in [4.69, 9.17) is 0 Å². The Morgan fingerprint density at radius 3 is 2.39 bits per heavy atom. The SMILES string of the molecule is Fc1cc2ncn(C3CCCCCC3)c2cc1F. The van der Waals surface area contributed by atoms with E-state index in [1.54, 1.807) is 6.33 Å². The van der Waals surface area contributed by atoms with E-state index in [1.807, 2.05) is 4.57 Å². The lowest BCUT2D eigenvalue weighted by Crippen LogP contribution is -2.06. The summed E-state index contributed by atoms with van der Waals surface area (Å²) in [5, 5.41) is 0. The zero-order valence-electron chi connectivity index (χ0n) is 10.2. The molecular weight excluding hydrogens is 234 g/mol. The van der Waals surface area contributed by atoms with Gasteiger partial charge >= 0.3 is 0 Å². The number of hydrogen-bond donors (Lipinski definition) is 0. The van der Waals surface area contributed by atoms with Crippen LogP contribution in [-0.2, 0) is 0 Å². The summed E-state index contributed by atoms with van der Waals surface area (Å²) in [6.45, 7) is 0. The molecule has 1 aliphatic carbocycles. The number of benzene rings is 1. The Hall–Kier alpha value is -1.45. The van der Waals surface area contributed by atoms with E-state index in [-0.39, 0.29) is 0 Å². The van der Waals surface area contributed by atoms with Crippen molar-refractivity contribution in [1.82, 2.24) is 9.55 Å². The molecule has 4 heteroatoms. The number of fused-ring (bicyclic) bond motifs is 1. The number of aromatic nitrogens is 2. The first-order chi connectivity index (χ1) is 8.75. The van der Waals surface area contributed by atoms with Crippen molar-refractivity contribution in [2.45, 2.75) is 44.6 Å². The molecule has 0 spiro atoms. The van der Waals surface area contributed by atoms with Gasteiger partial charge in [0.15, 0.2) is 11.6 Å². The normalized spacial score (nSPS) is 18.1. The van der Waals surface area contributed by atoms with Crippen LogP contribution in [0.5, 0.6) is 0 Å². The van der Waals surface area contributed by atoms with Crippen molar-refractivity contribution in [2.24, 2.45) is 0 Å². The fraction of sp³-hybridized carbons (Fsp3) is 0.500. The van der Waals surface area contributed by atoms with Gasteiger partial charge in [0.2, 0.25) is 0 Å². The second kappa shape index (κ2) is 4.67. The van der Waals surface area contributed by atoms with Crippen molar-refractivity contribution in [2.75, 3.05) is 0 Å². The maximum absolute atomic E-state index is 13.3. The largest absolute Gasteiger partial charge is 0.327 e. The Labute approximate surface area is 105 Å². The second-order valence-electron chi connectivity index (χ2n) is 5.05. The van der Waals surface area contributed by atoms with Gasteiger partial charge in [-0.3, -0.25) is 0 Å². The van der Waals surface area contributed by atoms with Crippen LogP contribution in [0.4, 0.5) is 8.78 Å². The number of nitrogens with zero attached hydrogens (tertiary/aromatic N) is 2. The minimum absolute atomic E-state index is 0.377. The van der Waals surface area contributed by atoms with E-state index in [2.05, 4.69) is 4.98 Å². The molecule has 18 heavy (non-hydrogen) atoms. The van der Waals surface area contributed by atoms with Crippen LogP contribution in [0.2, 0.25) is 0 Å². The first kappa shape index (κ1) is 11.6. The van der Waals surface area contributed by atoms with Crippen molar-refractivity contribution in [1.29, 1.82) is 0 Å². The summed E-state index contributed by atoms with van der Waals surface area (Å²) in [6.07, 6.45) is 8.87. The Kier molecular flexibility index (Phi) is 3.02. The Morgan fingerprint density at radius 1 is 1.00 bits per heavy atom. The first-order valence-corrected chi connectivity index (χ1v) is 6.57. The van der Waals surface area contributed by atoms with Crippen molar-refractivity contribution in [3.05, 3.63) is 30.1 Å². The van der Waals surface area contributed by atoms with Crippen LogP contribution in [0.25, 0.3) is 11.0 Å². The van der Waals surface area contributed by atoms with Gasteiger partial charge in [-0.05, 0) is 12.8 Å². The molecular formula is C14H16F2N2. The van der Waals surface area contributed by atoms with E-state index in [0.717, 1.165) is 12.8 Å². The number of hydrogen-bond acceptors (Lipinski definition) is 1. The van der Waals surface area contributed by atoms with E-state index >= 15 is 0 Å². The topological polar surface area (TPSA) is 17.8 Å². The molecule has 1 aromatic heterocycles. The molecule has 1 aromatic carbocycles. The third-order valence-corrected chi connectivity index (χ3v) is 3.83. The predicted molar refractivity (Wildman–Crippen MR) is 66.4 cm³/mol. The van der Waals surface area contributed by atoms with Gasteiger partial charge < -0.3 is 4.57 Å². The Balaban J connectivity index is 2.03. The van der Waals surface area contributed by atoms with Gasteiger partial charge in [0, 0.05) is 18.2 Å². The number of imidazole rings is 1. The maximum atomic E-state index is 13.3. The summed E-state index contributed by atoms with van der Waals surface area (Å²) in [7, 11) is 0. The standard InChI is InChI=1S/C14H16F2N2/c15-11-7-13-14(8-12(11)16)18(9-17-13)10-5-3-1-2-4-6-10/h7-10H,1-6H2. The van der Waals surface area contributed by atoms with Crippen LogP contribution in [0, 0.1) is 11.6 Å². The zero-order chi connectivity index (χ0) is 12.5. The van der Waals surface area contributed by atoms with Gasteiger partial charge in [0.1, 0.15) is 0 Å². The second-order valence-corrected chi connectivity index (χ2v) is 5.05. The van der Waals surface area contributed by atoms with Crippen molar-refractivity contribution >= 4 is 11.0 Å². The highest BCUT2D eigenvalue weighted by atomic mass is 19.2. The molecule has 0 bridgehead atoms. The summed E-state index contributed by atoms with van der Waals surface area (Å²) in [5.41, 5.74) is 1.25. The van der Waals surface area contributed by atoms with Gasteiger partial charge in [0.25, 0.3) is 0 Å². The van der Waals surface area contributed by atoms with Crippen molar-refractivity contribution in [3.8, 4) is 0 Å². The predicted octanol–water partition coefficient (Wildman–Crippen LogP) is 4.21. The Morgan fingerprint density at radius 2 is 1.67 bits per heavy atom. The molecule has 2 aromatic rings. The fourth-order valence-electron chi connectivity index (χ4n) is 2.85. The lowest BCUT2D eigenvalue weighted by atomic mass is 10.1. The molecule has 2 nitrogen and oxygen atoms in total. The van der Waals surface area contributed by atoms with Crippen LogP contribution in [0.15, 0.2) is 18.5 Å². The van der Waals surface area contributed by atoms with Gasteiger partial charge in [-0.1, -0.05) is 25.7 Å². The van der Waals surface area contributed by atoms with E-state index in [0.29, 0.717) is 17.1 Å². The molecule has 1 aliphatic rings. The summed E-state index contributed by atoms with van der Waals surface area (Å²) in [5.74, 6) is -1.62. The van der Waals surface area contributed by atoms with Gasteiger partial charge in [-0.2, -0.15) is 0 Å². The Bertz CT molecular complexity index is 554.